The Hall–Kier alpha value is -2.36. The fraction of sp³-hybridized carbons (Fsp3) is 0.333. The zero-order chi connectivity index (χ0) is 15.6. The van der Waals surface area contributed by atoms with E-state index < -0.39 is 0 Å². The number of hydrogen-bond donors (Lipinski definition) is 2. The van der Waals surface area contributed by atoms with Crippen LogP contribution in [0.25, 0.3) is 0 Å². The summed E-state index contributed by atoms with van der Waals surface area (Å²) in [5.74, 6) is 1.78. The van der Waals surface area contributed by atoms with E-state index in [-0.39, 0.29) is 0 Å². The molecule has 2 N–H and O–H groups in total. The summed E-state index contributed by atoms with van der Waals surface area (Å²) in [5, 5.41) is 6.75. The first kappa shape index (κ1) is 16.0. The molecule has 0 aliphatic heterocycles. The Balaban J connectivity index is 1.73. The minimum atomic E-state index is 0.752. The fourth-order valence-electron chi connectivity index (χ4n) is 2.04. The molecule has 0 aromatic heterocycles. The molecule has 0 fully saturated rings. The average molecular weight is 300 g/mol. The van der Waals surface area contributed by atoms with Gasteiger partial charge in [0.15, 0.2) is 0 Å². The van der Waals surface area contributed by atoms with Gasteiger partial charge in [0.25, 0.3) is 0 Å². The van der Waals surface area contributed by atoms with E-state index in [1.54, 1.807) is 7.11 Å². The molecule has 0 heterocycles. The summed E-state index contributed by atoms with van der Waals surface area (Å²) in [5.41, 5.74) is 2.16. The molecule has 4 heteroatoms. The molecule has 118 valence electrons. The van der Waals surface area contributed by atoms with Crippen LogP contribution in [-0.4, -0.2) is 26.8 Å². The van der Waals surface area contributed by atoms with Crippen LogP contribution in [0.5, 0.6) is 11.5 Å². The van der Waals surface area contributed by atoms with Crippen LogP contribution < -0.4 is 20.1 Å². The van der Waals surface area contributed by atoms with Crippen molar-refractivity contribution >= 4 is 11.4 Å². The van der Waals surface area contributed by atoms with Crippen LogP contribution in [0.4, 0.5) is 11.4 Å². The van der Waals surface area contributed by atoms with Gasteiger partial charge in [0, 0.05) is 30.5 Å². The van der Waals surface area contributed by atoms with Crippen molar-refractivity contribution in [1.29, 1.82) is 0 Å². The van der Waals surface area contributed by atoms with E-state index in [1.807, 2.05) is 48.5 Å². The van der Waals surface area contributed by atoms with Crippen LogP contribution in [-0.2, 0) is 0 Å². The molecule has 0 spiro atoms. The van der Waals surface area contributed by atoms with Gasteiger partial charge >= 0.3 is 0 Å². The Bertz CT molecular complexity index is 555. The monoisotopic (exact) mass is 300 g/mol. The topological polar surface area (TPSA) is 42.5 Å². The molecule has 0 aliphatic carbocycles. The molecule has 0 unspecified atom stereocenters. The number of ether oxygens (including phenoxy) is 2. The molecule has 22 heavy (non-hydrogen) atoms. The van der Waals surface area contributed by atoms with Crippen molar-refractivity contribution in [3.05, 3.63) is 48.5 Å². The quantitative estimate of drug-likeness (QED) is 0.687. The number of benzene rings is 2. The third-order valence-electron chi connectivity index (χ3n) is 3.18. The summed E-state index contributed by atoms with van der Waals surface area (Å²) in [6.45, 7) is 4.53. The molecule has 2 aromatic rings. The van der Waals surface area contributed by atoms with Crippen LogP contribution in [0.1, 0.15) is 13.3 Å². The van der Waals surface area contributed by atoms with E-state index in [0.29, 0.717) is 0 Å². The molecular weight excluding hydrogens is 276 g/mol. The van der Waals surface area contributed by atoms with Crippen molar-refractivity contribution in [1.82, 2.24) is 0 Å². The largest absolute Gasteiger partial charge is 0.497 e. The van der Waals surface area contributed by atoms with Crippen molar-refractivity contribution in [3.8, 4) is 11.5 Å². The standard InChI is InChI=1S/C18H24N2O2/c1-3-13-22-18-6-4-5-16(14-18)20-12-11-19-15-7-9-17(21-2)10-8-15/h4-10,14,19-20H,3,11-13H2,1-2H3. The van der Waals surface area contributed by atoms with Crippen molar-refractivity contribution in [2.45, 2.75) is 13.3 Å². The Kier molecular flexibility index (Phi) is 6.42. The minimum absolute atomic E-state index is 0.752. The summed E-state index contributed by atoms with van der Waals surface area (Å²) in [7, 11) is 1.67. The summed E-state index contributed by atoms with van der Waals surface area (Å²) in [4.78, 5) is 0. The molecule has 2 aromatic carbocycles. The molecule has 0 bridgehead atoms. The maximum Gasteiger partial charge on any atom is 0.121 e. The van der Waals surface area contributed by atoms with Gasteiger partial charge in [0.2, 0.25) is 0 Å². The molecule has 4 nitrogen and oxygen atoms in total. The predicted molar refractivity (Wildman–Crippen MR) is 92.2 cm³/mol. The highest BCUT2D eigenvalue weighted by Crippen LogP contribution is 2.17. The second kappa shape index (κ2) is 8.82. The smallest absolute Gasteiger partial charge is 0.121 e. The first-order valence-electron chi connectivity index (χ1n) is 7.66. The highest BCUT2D eigenvalue weighted by molar-refractivity contribution is 5.49. The van der Waals surface area contributed by atoms with Gasteiger partial charge in [-0.05, 0) is 42.8 Å². The number of hydrogen-bond acceptors (Lipinski definition) is 4. The first-order chi connectivity index (χ1) is 10.8. The van der Waals surface area contributed by atoms with Gasteiger partial charge in [-0.3, -0.25) is 0 Å². The molecular formula is C18H24N2O2. The van der Waals surface area contributed by atoms with Crippen LogP contribution >= 0.6 is 0 Å². The highest BCUT2D eigenvalue weighted by atomic mass is 16.5. The molecule has 0 aliphatic rings. The lowest BCUT2D eigenvalue weighted by Gasteiger charge is -2.11. The third kappa shape index (κ3) is 5.20. The van der Waals surface area contributed by atoms with Crippen LogP contribution in [0.2, 0.25) is 0 Å². The fourth-order valence-corrected chi connectivity index (χ4v) is 2.04. The Morgan fingerprint density at radius 2 is 1.59 bits per heavy atom. The second-order valence-corrected chi connectivity index (χ2v) is 4.96. The van der Waals surface area contributed by atoms with Crippen molar-refractivity contribution in [2.75, 3.05) is 37.4 Å². The van der Waals surface area contributed by atoms with Gasteiger partial charge in [-0.2, -0.15) is 0 Å². The number of methoxy groups -OCH3 is 1. The van der Waals surface area contributed by atoms with Crippen molar-refractivity contribution in [3.63, 3.8) is 0 Å². The van der Waals surface area contributed by atoms with Gasteiger partial charge in [-0.15, -0.1) is 0 Å². The molecule has 0 atom stereocenters. The maximum absolute atomic E-state index is 5.63. The molecule has 0 amide bonds. The molecule has 0 saturated heterocycles. The second-order valence-electron chi connectivity index (χ2n) is 4.96. The van der Waals surface area contributed by atoms with E-state index in [0.717, 1.165) is 49.0 Å². The van der Waals surface area contributed by atoms with Gasteiger partial charge in [0.1, 0.15) is 11.5 Å². The van der Waals surface area contributed by atoms with Gasteiger partial charge in [0.05, 0.1) is 13.7 Å². The van der Waals surface area contributed by atoms with Gasteiger partial charge < -0.3 is 20.1 Å². The minimum Gasteiger partial charge on any atom is -0.497 e. The lowest BCUT2D eigenvalue weighted by molar-refractivity contribution is 0.317. The van der Waals surface area contributed by atoms with E-state index in [1.165, 1.54) is 0 Å². The van der Waals surface area contributed by atoms with E-state index >= 15 is 0 Å². The Labute approximate surface area is 132 Å². The zero-order valence-corrected chi connectivity index (χ0v) is 13.3. The van der Waals surface area contributed by atoms with E-state index in [2.05, 4.69) is 17.6 Å². The highest BCUT2D eigenvalue weighted by Gasteiger charge is 1.97. The number of anilines is 2. The van der Waals surface area contributed by atoms with Gasteiger partial charge in [-0.25, -0.2) is 0 Å². The third-order valence-corrected chi connectivity index (χ3v) is 3.18. The lowest BCUT2D eigenvalue weighted by atomic mass is 10.3. The SMILES string of the molecule is CCCOc1cccc(NCCNc2ccc(OC)cc2)c1. The van der Waals surface area contributed by atoms with Crippen molar-refractivity contribution in [2.24, 2.45) is 0 Å². The summed E-state index contributed by atoms with van der Waals surface area (Å²) < 4.78 is 10.8. The summed E-state index contributed by atoms with van der Waals surface area (Å²) in [6.07, 6.45) is 1.02. The average Bonchev–Trinajstić information content (AvgIpc) is 2.58. The molecule has 0 saturated carbocycles. The van der Waals surface area contributed by atoms with Crippen molar-refractivity contribution < 1.29 is 9.47 Å². The maximum atomic E-state index is 5.63. The zero-order valence-electron chi connectivity index (χ0n) is 13.3. The predicted octanol–water partition coefficient (Wildman–Crippen LogP) is 4.01. The van der Waals surface area contributed by atoms with Crippen LogP contribution in [0.15, 0.2) is 48.5 Å². The summed E-state index contributed by atoms with van der Waals surface area (Å²) >= 11 is 0. The Morgan fingerprint density at radius 3 is 2.27 bits per heavy atom. The molecule has 2 rings (SSSR count). The van der Waals surface area contributed by atoms with Crippen LogP contribution in [0, 0.1) is 0 Å². The normalized spacial score (nSPS) is 10.1. The van der Waals surface area contributed by atoms with E-state index in [9.17, 15) is 0 Å². The summed E-state index contributed by atoms with van der Waals surface area (Å²) in [6, 6.07) is 16.0. The van der Waals surface area contributed by atoms with Crippen LogP contribution in [0.3, 0.4) is 0 Å². The molecule has 0 radical (unpaired) electrons. The Morgan fingerprint density at radius 1 is 0.864 bits per heavy atom. The lowest BCUT2D eigenvalue weighted by Crippen LogP contribution is -2.13. The first-order valence-corrected chi connectivity index (χ1v) is 7.66. The number of rotatable bonds is 9. The van der Waals surface area contributed by atoms with Gasteiger partial charge in [-0.1, -0.05) is 13.0 Å². The van der Waals surface area contributed by atoms with E-state index in [4.69, 9.17) is 9.47 Å². The number of nitrogens with one attached hydrogen (secondary N) is 2.